The van der Waals surface area contributed by atoms with E-state index in [4.69, 9.17) is 5.73 Å². The van der Waals surface area contributed by atoms with Crippen molar-refractivity contribution >= 4 is 29.0 Å². The number of ketones is 4. The average molecular weight is 460 g/mol. The van der Waals surface area contributed by atoms with Crippen molar-refractivity contribution in [2.45, 2.75) is 30.3 Å². The highest BCUT2D eigenvalue weighted by Gasteiger charge is 2.74. The first kappa shape index (κ1) is 23.2. The van der Waals surface area contributed by atoms with Crippen molar-refractivity contribution in [1.82, 2.24) is 4.90 Å². The predicted octanol–water partition coefficient (Wildman–Crippen LogP) is -2.50. The highest BCUT2D eigenvalue weighted by atomic mass is 16.3. The number of phenols is 1. The van der Waals surface area contributed by atoms with Crippen LogP contribution < -0.4 is 5.73 Å². The molecular formula is C22H24N2O9. The van der Waals surface area contributed by atoms with Crippen molar-refractivity contribution in [3.8, 4) is 5.75 Å². The fourth-order valence-electron chi connectivity index (χ4n) is 5.97. The Hall–Kier alpha value is -2.99. The Morgan fingerprint density at radius 2 is 1.67 bits per heavy atom. The van der Waals surface area contributed by atoms with E-state index in [0.717, 1.165) is 0 Å². The summed E-state index contributed by atoms with van der Waals surface area (Å²) < 4.78 is 0. The Morgan fingerprint density at radius 1 is 1.06 bits per heavy atom. The van der Waals surface area contributed by atoms with Gasteiger partial charge in [0.05, 0.1) is 35.1 Å². The van der Waals surface area contributed by atoms with E-state index in [1.807, 2.05) is 0 Å². The first-order valence-electron chi connectivity index (χ1n) is 10.3. The van der Waals surface area contributed by atoms with Crippen LogP contribution in [0.2, 0.25) is 0 Å². The van der Waals surface area contributed by atoms with E-state index < -0.39 is 81.8 Å². The van der Waals surface area contributed by atoms with Gasteiger partial charge in [-0.3, -0.25) is 28.9 Å². The molecule has 8 atom stereocenters. The molecule has 0 bridgehead atoms. The number of carbonyl (C=O) groups excluding carboxylic acids is 5. The van der Waals surface area contributed by atoms with Gasteiger partial charge in [-0.05, 0) is 32.6 Å². The zero-order valence-corrected chi connectivity index (χ0v) is 18.1. The third-order valence-corrected chi connectivity index (χ3v) is 7.40. The summed E-state index contributed by atoms with van der Waals surface area (Å²) in [6.45, 7) is 1.24. The molecule has 0 heterocycles. The largest absolute Gasteiger partial charge is 0.507 e. The van der Waals surface area contributed by atoms with Crippen LogP contribution in [-0.2, 0) is 24.8 Å². The smallest absolute Gasteiger partial charge is 0.235 e. The Balaban J connectivity index is 2.01. The summed E-state index contributed by atoms with van der Waals surface area (Å²) in [6.07, 6.45) is -1.90. The quantitative estimate of drug-likeness (QED) is 0.294. The lowest BCUT2D eigenvalue weighted by Gasteiger charge is -2.57. The summed E-state index contributed by atoms with van der Waals surface area (Å²) in [5, 5.41) is 44.5. The number of benzene rings is 1. The number of aromatic hydroxyl groups is 1. The fourth-order valence-corrected chi connectivity index (χ4v) is 5.97. The van der Waals surface area contributed by atoms with E-state index >= 15 is 0 Å². The van der Waals surface area contributed by atoms with Crippen molar-refractivity contribution in [2.24, 2.45) is 29.4 Å². The number of aliphatic hydroxyl groups is 3. The van der Waals surface area contributed by atoms with E-state index in [9.17, 15) is 44.4 Å². The zero-order valence-electron chi connectivity index (χ0n) is 18.1. The molecule has 0 aliphatic heterocycles. The Labute approximate surface area is 187 Å². The van der Waals surface area contributed by atoms with E-state index in [0.29, 0.717) is 0 Å². The summed E-state index contributed by atoms with van der Waals surface area (Å²) in [4.78, 5) is 66.4. The number of aliphatic hydroxyl groups excluding tert-OH is 1. The summed E-state index contributed by atoms with van der Waals surface area (Å²) in [5.41, 5.74) is -0.350. The van der Waals surface area contributed by atoms with Crippen LogP contribution >= 0.6 is 0 Å². The van der Waals surface area contributed by atoms with Crippen LogP contribution in [0.1, 0.15) is 22.8 Å². The number of primary amides is 1. The summed E-state index contributed by atoms with van der Waals surface area (Å²) in [5.74, 6) is -14.2. The highest BCUT2D eigenvalue weighted by molar-refractivity contribution is 6.32. The van der Waals surface area contributed by atoms with Crippen LogP contribution in [-0.4, -0.2) is 86.2 Å². The molecule has 2 fully saturated rings. The molecule has 2 saturated carbocycles. The maximum absolute atomic E-state index is 13.7. The molecule has 4 unspecified atom stereocenters. The third kappa shape index (κ3) is 2.67. The van der Waals surface area contributed by atoms with Gasteiger partial charge in [-0.25, -0.2) is 0 Å². The molecule has 4 rings (SSSR count). The monoisotopic (exact) mass is 460 g/mol. The SMILES string of the molecule is CN(C)[C@@H]1C(=O)C(C(N)=O)C(=O)[C@@]2(O)C(=O)C3C(=O)c4c(O)cccc4[C@@](C)(O)C3[C@H](O)C12. The van der Waals surface area contributed by atoms with Gasteiger partial charge in [-0.1, -0.05) is 12.1 Å². The molecule has 0 aromatic heterocycles. The summed E-state index contributed by atoms with van der Waals surface area (Å²) in [7, 11) is 2.77. The minimum absolute atomic E-state index is 0.0454. The van der Waals surface area contributed by atoms with Crippen molar-refractivity contribution in [3.05, 3.63) is 29.3 Å². The van der Waals surface area contributed by atoms with Gasteiger partial charge in [0, 0.05) is 5.92 Å². The van der Waals surface area contributed by atoms with Crippen molar-refractivity contribution in [2.75, 3.05) is 14.1 Å². The molecule has 0 spiro atoms. The fraction of sp³-hybridized carbons (Fsp3) is 0.500. The molecule has 0 radical (unpaired) electrons. The minimum Gasteiger partial charge on any atom is -0.507 e. The number of hydrogen-bond donors (Lipinski definition) is 5. The number of nitrogens with zero attached hydrogens (tertiary/aromatic N) is 1. The Morgan fingerprint density at radius 3 is 2.21 bits per heavy atom. The average Bonchev–Trinajstić information content (AvgIpc) is 2.70. The van der Waals surface area contributed by atoms with Crippen molar-refractivity contribution in [3.63, 3.8) is 0 Å². The zero-order chi connectivity index (χ0) is 24.8. The van der Waals surface area contributed by atoms with Gasteiger partial charge >= 0.3 is 0 Å². The number of hydrogen-bond acceptors (Lipinski definition) is 10. The van der Waals surface area contributed by atoms with Crippen LogP contribution in [0.25, 0.3) is 0 Å². The minimum atomic E-state index is -3.10. The molecule has 33 heavy (non-hydrogen) atoms. The lowest BCUT2D eigenvalue weighted by atomic mass is 9.48. The van der Waals surface area contributed by atoms with Gasteiger partial charge in [0.1, 0.15) is 5.75 Å². The highest BCUT2D eigenvalue weighted by Crippen LogP contribution is 2.55. The molecule has 1 amide bonds. The lowest BCUT2D eigenvalue weighted by molar-refractivity contribution is -0.210. The number of likely N-dealkylation sites (N-methyl/N-ethyl adjacent to an activating group) is 1. The van der Waals surface area contributed by atoms with Crippen LogP contribution in [0, 0.1) is 23.7 Å². The van der Waals surface area contributed by atoms with E-state index in [2.05, 4.69) is 0 Å². The lowest BCUT2D eigenvalue weighted by Crippen LogP contribution is -2.78. The third-order valence-electron chi connectivity index (χ3n) is 7.40. The van der Waals surface area contributed by atoms with Gasteiger partial charge in [0.25, 0.3) is 0 Å². The Bertz CT molecular complexity index is 1130. The molecule has 1 aromatic rings. The standard InChI is InChI=1S/C22H24N2O9/c1-21(32)7-5-4-6-8(25)9(7)15(26)10-12(21)17(28)13-14(24(2)3)16(27)11(20(23)31)19(30)22(13,33)18(10)29/h4-6,10-14,17,25,28,32-33H,1-3H3,(H2,23,31)/t10?,11?,12?,13?,14-,17-,21+,22-/m0/s1. The van der Waals surface area contributed by atoms with E-state index in [1.165, 1.54) is 44.1 Å². The Kier molecular flexibility index (Phi) is 4.92. The normalized spacial score (nSPS) is 40.3. The number of fused-ring (bicyclic) bond motifs is 3. The van der Waals surface area contributed by atoms with Gasteiger partial charge in [-0.15, -0.1) is 0 Å². The molecular weight excluding hydrogens is 436 g/mol. The second-order valence-corrected chi connectivity index (χ2v) is 9.37. The number of nitrogens with two attached hydrogens (primary N) is 1. The van der Waals surface area contributed by atoms with Crippen LogP contribution in [0.3, 0.4) is 0 Å². The number of carbonyl (C=O) groups is 5. The van der Waals surface area contributed by atoms with Gasteiger partial charge < -0.3 is 26.2 Å². The summed E-state index contributed by atoms with van der Waals surface area (Å²) in [6, 6.07) is 2.40. The number of phenolic OH excluding ortho intramolecular Hbond substituents is 1. The molecule has 3 aliphatic rings. The number of Topliss-reactive ketones (excluding diaryl/α,β-unsaturated/α-hetero) is 4. The molecule has 3 aliphatic carbocycles. The van der Waals surface area contributed by atoms with E-state index in [1.54, 1.807) is 0 Å². The number of amides is 1. The topological polar surface area (TPSA) is 196 Å². The van der Waals surface area contributed by atoms with Gasteiger partial charge in [0.2, 0.25) is 5.91 Å². The molecule has 0 saturated heterocycles. The van der Waals surface area contributed by atoms with Crippen molar-refractivity contribution < 1.29 is 44.4 Å². The maximum Gasteiger partial charge on any atom is 0.235 e. The molecule has 6 N–H and O–H groups in total. The number of rotatable bonds is 2. The van der Waals surface area contributed by atoms with Crippen LogP contribution in [0.5, 0.6) is 5.75 Å². The van der Waals surface area contributed by atoms with Crippen LogP contribution in [0.15, 0.2) is 18.2 Å². The van der Waals surface area contributed by atoms with Gasteiger partial charge in [-0.2, -0.15) is 0 Å². The first-order valence-corrected chi connectivity index (χ1v) is 10.3. The first-order chi connectivity index (χ1) is 15.2. The predicted molar refractivity (Wildman–Crippen MR) is 109 cm³/mol. The van der Waals surface area contributed by atoms with Crippen molar-refractivity contribution in [1.29, 1.82) is 0 Å². The van der Waals surface area contributed by atoms with Crippen LogP contribution in [0.4, 0.5) is 0 Å². The second kappa shape index (κ2) is 7.00. The molecule has 11 nitrogen and oxygen atoms in total. The van der Waals surface area contributed by atoms with Gasteiger partial charge in [0.15, 0.2) is 34.7 Å². The molecule has 1 aromatic carbocycles. The maximum atomic E-state index is 13.7. The molecule has 11 heteroatoms. The molecule has 176 valence electrons. The van der Waals surface area contributed by atoms with E-state index in [-0.39, 0.29) is 11.1 Å². The summed E-state index contributed by atoms with van der Waals surface area (Å²) >= 11 is 0. The second-order valence-electron chi connectivity index (χ2n) is 9.37.